The summed E-state index contributed by atoms with van der Waals surface area (Å²) in [6, 6.07) is 3.64. The van der Waals surface area contributed by atoms with Crippen LogP contribution in [0.1, 0.15) is 16.3 Å². The molecule has 2 aromatic heterocycles. The van der Waals surface area contributed by atoms with Crippen LogP contribution >= 0.6 is 11.3 Å². The number of hydrogen-bond donors (Lipinski definition) is 2. The average Bonchev–Trinajstić information content (AvgIpc) is 3.01. The number of rotatable bonds is 3. The van der Waals surface area contributed by atoms with Crippen molar-refractivity contribution in [3.05, 3.63) is 51.9 Å². The normalized spacial score (nSPS) is 15.5. The summed E-state index contributed by atoms with van der Waals surface area (Å²) in [7, 11) is 0. The molecular weight excluding hydrogens is 286 g/mol. The molecule has 0 aliphatic carbocycles. The number of aliphatic hydroxyl groups is 1. The van der Waals surface area contributed by atoms with Crippen LogP contribution in [0.2, 0.25) is 0 Å². The Kier molecular flexibility index (Phi) is 3.49. The van der Waals surface area contributed by atoms with E-state index in [9.17, 15) is 5.11 Å². The molecule has 1 aliphatic rings. The van der Waals surface area contributed by atoms with Crippen LogP contribution in [0.5, 0.6) is 0 Å². The molecule has 106 valence electrons. The van der Waals surface area contributed by atoms with Crippen LogP contribution in [0.15, 0.2) is 40.8 Å². The van der Waals surface area contributed by atoms with Crippen molar-refractivity contribution in [3.8, 4) is 0 Å². The first kappa shape index (κ1) is 13.4. The van der Waals surface area contributed by atoms with Gasteiger partial charge in [-0.05, 0) is 24.6 Å². The van der Waals surface area contributed by atoms with Gasteiger partial charge in [-0.2, -0.15) is 5.10 Å². The monoisotopic (exact) mass is 299 g/mol. The number of amidine groups is 1. The van der Waals surface area contributed by atoms with Crippen molar-refractivity contribution in [1.82, 2.24) is 15.0 Å². The highest BCUT2D eigenvalue weighted by Crippen LogP contribution is 2.29. The average molecular weight is 299 g/mol. The first-order chi connectivity index (χ1) is 10.1. The van der Waals surface area contributed by atoms with Crippen molar-refractivity contribution in [2.24, 2.45) is 5.10 Å². The van der Waals surface area contributed by atoms with Gasteiger partial charge in [0.05, 0.1) is 11.8 Å². The third-order valence-electron chi connectivity index (χ3n) is 2.97. The lowest BCUT2D eigenvalue weighted by Gasteiger charge is -2.10. The van der Waals surface area contributed by atoms with Gasteiger partial charge in [0, 0.05) is 23.5 Å². The van der Waals surface area contributed by atoms with Crippen molar-refractivity contribution >= 4 is 29.0 Å². The number of thiazole rings is 1. The molecule has 0 saturated heterocycles. The third kappa shape index (κ3) is 2.68. The number of hydrogen-bond acceptors (Lipinski definition) is 6. The topological polar surface area (TPSA) is 85.5 Å². The lowest BCUT2D eigenvalue weighted by atomic mass is 10.2. The van der Waals surface area contributed by atoms with Crippen LogP contribution in [-0.4, -0.2) is 38.7 Å². The van der Waals surface area contributed by atoms with Gasteiger partial charge in [-0.3, -0.25) is 10.4 Å². The van der Waals surface area contributed by atoms with E-state index in [0.29, 0.717) is 10.6 Å². The minimum atomic E-state index is 0.126. The zero-order chi connectivity index (χ0) is 14.8. The molecule has 21 heavy (non-hydrogen) atoms. The number of aliphatic hydroxyl groups excluding tert-OH is 1. The molecule has 0 saturated carbocycles. The lowest BCUT2D eigenvalue weighted by molar-refractivity contribution is 0.358. The van der Waals surface area contributed by atoms with Crippen molar-refractivity contribution in [1.29, 1.82) is 5.41 Å². The quantitative estimate of drug-likeness (QED) is 0.852. The summed E-state index contributed by atoms with van der Waals surface area (Å²) in [5.74, 6) is 0.286. The van der Waals surface area contributed by atoms with E-state index in [0.717, 1.165) is 11.3 Å². The summed E-state index contributed by atoms with van der Waals surface area (Å²) < 4.78 is 0. The largest absolute Gasteiger partial charge is 0.509 e. The summed E-state index contributed by atoms with van der Waals surface area (Å²) in [6.07, 6.45) is 4.99. The van der Waals surface area contributed by atoms with E-state index in [-0.39, 0.29) is 18.1 Å². The van der Waals surface area contributed by atoms with Gasteiger partial charge < -0.3 is 5.11 Å². The van der Waals surface area contributed by atoms with E-state index in [2.05, 4.69) is 15.1 Å². The van der Waals surface area contributed by atoms with Gasteiger partial charge in [0.15, 0.2) is 5.84 Å². The van der Waals surface area contributed by atoms with Gasteiger partial charge in [0.25, 0.3) is 0 Å². The zero-order valence-electron chi connectivity index (χ0n) is 11.3. The highest BCUT2D eigenvalue weighted by atomic mass is 32.1. The Morgan fingerprint density at radius 2 is 2.19 bits per heavy atom. The predicted octanol–water partition coefficient (Wildman–Crippen LogP) is 2.44. The first-order valence-corrected chi connectivity index (χ1v) is 7.18. The maximum absolute atomic E-state index is 10.1. The smallest absolute Gasteiger partial charge is 0.155 e. The zero-order valence-corrected chi connectivity index (χ0v) is 12.1. The fraction of sp³-hybridized carbons (Fsp3) is 0.143. The molecule has 6 nitrogen and oxygen atoms in total. The summed E-state index contributed by atoms with van der Waals surface area (Å²) in [6.45, 7) is 2.07. The van der Waals surface area contributed by atoms with E-state index in [1.165, 1.54) is 16.3 Å². The van der Waals surface area contributed by atoms with Gasteiger partial charge in [-0.25, -0.2) is 9.99 Å². The molecule has 1 aliphatic heterocycles. The van der Waals surface area contributed by atoms with Crippen molar-refractivity contribution in [2.75, 3.05) is 6.54 Å². The standard InChI is InChI=1S/C14H13N5OS/c1-9-8-21-14(18-9)12-11(20)7-19(13(12)15)17-6-10-2-4-16-5-3-10/h2-6,8,15,20H,7H2,1H3. The van der Waals surface area contributed by atoms with Crippen LogP contribution in [0.3, 0.4) is 0 Å². The molecule has 2 aromatic rings. The second-order valence-electron chi connectivity index (χ2n) is 4.55. The molecule has 0 radical (unpaired) electrons. The van der Waals surface area contributed by atoms with Gasteiger partial charge in [0.2, 0.25) is 0 Å². The van der Waals surface area contributed by atoms with E-state index in [1.807, 2.05) is 24.4 Å². The molecule has 0 spiro atoms. The highest BCUT2D eigenvalue weighted by molar-refractivity contribution is 7.11. The summed E-state index contributed by atoms with van der Waals surface area (Å²) in [4.78, 5) is 8.25. The molecule has 7 heteroatoms. The van der Waals surface area contributed by atoms with Crippen LogP contribution < -0.4 is 0 Å². The molecule has 0 amide bonds. The van der Waals surface area contributed by atoms with Crippen molar-refractivity contribution in [3.63, 3.8) is 0 Å². The molecule has 2 N–H and O–H groups in total. The number of aromatic nitrogens is 2. The number of hydrazone groups is 1. The number of nitrogens with zero attached hydrogens (tertiary/aromatic N) is 4. The predicted molar refractivity (Wildman–Crippen MR) is 82.7 cm³/mol. The Morgan fingerprint density at radius 3 is 2.86 bits per heavy atom. The van der Waals surface area contributed by atoms with Gasteiger partial charge in [-0.15, -0.1) is 11.3 Å². The maximum atomic E-state index is 10.1. The molecule has 3 rings (SSSR count). The Morgan fingerprint density at radius 1 is 1.43 bits per heavy atom. The van der Waals surface area contributed by atoms with Gasteiger partial charge in [0.1, 0.15) is 17.3 Å². The van der Waals surface area contributed by atoms with E-state index >= 15 is 0 Å². The van der Waals surface area contributed by atoms with Crippen LogP contribution in [0.4, 0.5) is 0 Å². The second kappa shape index (κ2) is 5.45. The summed E-state index contributed by atoms with van der Waals surface area (Å²) in [5, 5.41) is 26.5. The summed E-state index contributed by atoms with van der Waals surface area (Å²) in [5.41, 5.74) is 2.22. The number of nitrogens with one attached hydrogen (secondary N) is 1. The molecule has 0 aromatic carbocycles. The minimum Gasteiger partial charge on any atom is -0.509 e. The first-order valence-electron chi connectivity index (χ1n) is 6.30. The van der Waals surface area contributed by atoms with Crippen molar-refractivity contribution in [2.45, 2.75) is 6.92 Å². The Labute approximate surface area is 125 Å². The Bertz CT molecular complexity index is 735. The summed E-state index contributed by atoms with van der Waals surface area (Å²) >= 11 is 1.41. The molecule has 0 atom stereocenters. The maximum Gasteiger partial charge on any atom is 0.155 e. The minimum absolute atomic E-state index is 0.126. The highest BCUT2D eigenvalue weighted by Gasteiger charge is 2.29. The van der Waals surface area contributed by atoms with E-state index in [4.69, 9.17) is 5.41 Å². The Hall–Kier alpha value is -2.54. The van der Waals surface area contributed by atoms with Crippen LogP contribution in [0, 0.1) is 12.3 Å². The number of pyridine rings is 1. The van der Waals surface area contributed by atoms with Gasteiger partial charge in [-0.1, -0.05) is 0 Å². The van der Waals surface area contributed by atoms with E-state index in [1.54, 1.807) is 18.6 Å². The van der Waals surface area contributed by atoms with Crippen LogP contribution in [-0.2, 0) is 0 Å². The van der Waals surface area contributed by atoms with Crippen LogP contribution in [0.25, 0.3) is 5.57 Å². The molecular formula is C14H13N5OS. The molecule has 3 heterocycles. The lowest BCUT2D eigenvalue weighted by Crippen LogP contribution is -2.20. The second-order valence-corrected chi connectivity index (χ2v) is 5.41. The third-order valence-corrected chi connectivity index (χ3v) is 3.95. The SMILES string of the molecule is Cc1csc(C2=C(O)CN(N=Cc3ccncc3)C2=N)n1. The van der Waals surface area contributed by atoms with E-state index < -0.39 is 0 Å². The van der Waals surface area contributed by atoms with Crippen molar-refractivity contribution < 1.29 is 5.11 Å². The fourth-order valence-electron chi connectivity index (χ4n) is 1.94. The van der Waals surface area contributed by atoms with Gasteiger partial charge >= 0.3 is 0 Å². The number of aryl methyl sites for hydroxylation is 1. The molecule has 0 unspecified atom stereocenters. The molecule has 0 fully saturated rings. The fourth-order valence-corrected chi connectivity index (χ4v) is 2.81. The molecule has 0 bridgehead atoms. The Balaban J connectivity index is 1.80.